The third-order valence-electron chi connectivity index (χ3n) is 4.56. The predicted molar refractivity (Wildman–Crippen MR) is 109 cm³/mol. The lowest BCUT2D eigenvalue weighted by Gasteiger charge is -2.28. The first-order chi connectivity index (χ1) is 14.0. The zero-order valence-corrected chi connectivity index (χ0v) is 16.8. The molecule has 0 radical (unpaired) electrons. The summed E-state index contributed by atoms with van der Waals surface area (Å²) >= 11 is 8.01. The van der Waals surface area contributed by atoms with Gasteiger partial charge in [0.15, 0.2) is 5.82 Å². The fourth-order valence-electron chi connectivity index (χ4n) is 3.13. The van der Waals surface area contributed by atoms with Crippen LogP contribution in [0.4, 0.5) is 27.5 Å². The van der Waals surface area contributed by atoms with Crippen LogP contribution in [0.25, 0.3) is 0 Å². The molecule has 0 amide bonds. The van der Waals surface area contributed by atoms with E-state index < -0.39 is 16.4 Å². The Labute approximate surface area is 174 Å². The number of ether oxygens (including phenoxy) is 1. The molecule has 11 heteroatoms. The van der Waals surface area contributed by atoms with Gasteiger partial charge >= 0.3 is 5.69 Å². The molecule has 2 aromatic heterocycles. The minimum absolute atomic E-state index is 0.0920. The molecule has 1 aliphatic rings. The van der Waals surface area contributed by atoms with E-state index in [1.165, 1.54) is 23.7 Å². The van der Waals surface area contributed by atoms with Gasteiger partial charge in [-0.1, -0.05) is 11.6 Å². The number of nitro groups is 1. The maximum Gasteiger partial charge on any atom is 0.307 e. The number of anilines is 3. The number of fused-ring (bicyclic) bond motifs is 1. The summed E-state index contributed by atoms with van der Waals surface area (Å²) in [6, 6.07) is 4.12. The van der Waals surface area contributed by atoms with Crippen molar-refractivity contribution in [3.8, 4) is 5.75 Å². The van der Waals surface area contributed by atoms with Crippen molar-refractivity contribution in [2.45, 2.75) is 13.0 Å². The summed E-state index contributed by atoms with van der Waals surface area (Å²) in [5.74, 6) is -0.177. The first-order valence-electron chi connectivity index (χ1n) is 8.58. The van der Waals surface area contributed by atoms with Crippen LogP contribution in [0, 0.1) is 15.9 Å². The molecule has 0 aliphatic carbocycles. The van der Waals surface area contributed by atoms with Crippen molar-refractivity contribution in [3.63, 3.8) is 0 Å². The summed E-state index contributed by atoms with van der Waals surface area (Å²) in [6.07, 6.45) is 2.35. The normalized spacial score (nSPS) is 13.1. The van der Waals surface area contributed by atoms with E-state index in [9.17, 15) is 14.5 Å². The second kappa shape index (κ2) is 7.80. The molecule has 0 saturated carbocycles. The topological polar surface area (TPSA) is 93.4 Å². The standard InChI is InChI=1S/C18H15ClFN5O3S/c1-28-15-6-12(20)14(25(26)27)7-13(15)22-18-21-8-11(19)17(23-18)24-4-2-10-3-5-29-16(10)9-24/h3,5-8H,2,4,9H2,1H3,(H,21,22,23). The van der Waals surface area contributed by atoms with E-state index in [1.807, 2.05) is 0 Å². The van der Waals surface area contributed by atoms with Gasteiger partial charge in [0, 0.05) is 23.6 Å². The number of hydrogen-bond donors (Lipinski definition) is 1. The summed E-state index contributed by atoms with van der Waals surface area (Å²) in [4.78, 5) is 22.2. The van der Waals surface area contributed by atoms with Gasteiger partial charge in [-0.05, 0) is 23.4 Å². The van der Waals surface area contributed by atoms with Gasteiger partial charge < -0.3 is 15.0 Å². The zero-order valence-electron chi connectivity index (χ0n) is 15.2. The molecule has 3 heterocycles. The summed E-state index contributed by atoms with van der Waals surface area (Å²) in [7, 11) is 1.34. The maximum absolute atomic E-state index is 13.9. The van der Waals surface area contributed by atoms with Crippen LogP contribution in [0.5, 0.6) is 5.75 Å². The molecule has 1 aliphatic heterocycles. The van der Waals surface area contributed by atoms with Gasteiger partial charge in [-0.15, -0.1) is 11.3 Å². The van der Waals surface area contributed by atoms with Gasteiger partial charge in [0.25, 0.3) is 0 Å². The van der Waals surface area contributed by atoms with E-state index in [4.69, 9.17) is 16.3 Å². The number of nitrogens with one attached hydrogen (secondary N) is 1. The average Bonchev–Trinajstić information content (AvgIpc) is 3.18. The van der Waals surface area contributed by atoms with E-state index in [0.717, 1.165) is 25.1 Å². The van der Waals surface area contributed by atoms with E-state index in [-0.39, 0.29) is 17.4 Å². The van der Waals surface area contributed by atoms with Gasteiger partial charge in [-0.25, -0.2) is 4.98 Å². The molecule has 1 N–H and O–H groups in total. The van der Waals surface area contributed by atoms with Crippen molar-refractivity contribution in [2.24, 2.45) is 0 Å². The van der Waals surface area contributed by atoms with Crippen LogP contribution < -0.4 is 15.0 Å². The molecule has 0 fully saturated rings. The molecule has 0 saturated heterocycles. The maximum atomic E-state index is 13.9. The Morgan fingerprint density at radius 1 is 1.45 bits per heavy atom. The van der Waals surface area contributed by atoms with Crippen molar-refractivity contribution in [3.05, 3.63) is 61.2 Å². The van der Waals surface area contributed by atoms with Crippen molar-refractivity contribution in [1.82, 2.24) is 9.97 Å². The largest absolute Gasteiger partial charge is 0.494 e. The fourth-order valence-corrected chi connectivity index (χ4v) is 4.29. The Hall–Kier alpha value is -2.98. The highest BCUT2D eigenvalue weighted by Crippen LogP contribution is 2.35. The van der Waals surface area contributed by atoms with Gasteiger partial charge in [-0.2, -0.15) is 9.37 Å². The third kappa shape index (κ3) is 3.81. The minimum atomic E-state index is -0.991. The number of methoxy groups -OCH3 is 1. The van der Waals surface area contributed by atoms with Crippen molar-refractivity contribution in [2.75, 3.05) is 23.9 Å². The number of nitro benzene ring substituents is 1. The molecule has 8 nitrogen and oxygen atoms in total. The SMILES string of the molecule is COc1cc(F)c([N+](=O)[O-])cc1Nc1ncc(Cl)c(N2CCc3ccsc3C2)n1. The third-order valence-corrected chi connectivity index (χ3v) is 5.78. The van der Waals surface area contributed by atoms with Gasteiger partial charge in [0.05, 0.1) is 30.5 Å². The molecule has 1 aromatic carbocycles. The molecule has 4 rings (SSSR count). The van der Waals surface area contributed by atoms with Gasteiger partial charge in [0.2, 0.25) is 11.8 Å². The second-order valence-electron chi connectivity index (χ2n) is 6.29. The van der Waals surface area contributed by atoms with Crippen LogP contribution in [0.2, 0.25) is 5.02 Å². The van der Waals surface area contributed by atoms with E-state index >= 15 is 0 Å². The molecule has 0 spiro atoms. The first kappa shape index (κ1) is 19.3. The summed E-state index contributed by atoms with van der Waals surface area (Å²) in [5.41, 5.74) is 0.829. The summed E-state index contributed by atoms with van der Waals surface area (Å²) < 4.78 is 19.0. The van der Waals surface area contributed by atoms with E-state index in [1.54, 1.807) is 11.3 Å². The number of hydrogen-bond acceptors (Lipinski definition) is 8. The Bertz CT molecular complexity index is 1090. The predicted octanol–water partition coefficient (Wildman–Crippen LogP) is 4.55. The van der Waals surface area contributed by atoms with Crippen LogP contribution in [0.15, 0.2) is 29.8 Å². The molecule has 0 bridgehead atoms. The molecule has 0 unspecified atom stereocenters. The number of nitrogens with zero attached hydrogens (tertiary/aromatic N) is 4. The number of halogens is 2. The lowest BCUT2D eigenvalue weighted by molar-refractivity contribution is -0.387. The molecule has 3 aromatic rings. The van der Waals surface area contributed by atoms with Crippen LogP contribution in [-0.4, -0.2) is 28.5 Å². The van der Waals surface area contributed by atoms with Crippen molar-refractivity contribution < 1.29 is 14.1 Å². The van der Waals surface area contributed by atoms with Gasteiger partial charge in [0.1, 0.15) is 10.8 Å². The Kier molecular flexibility index (Phi) is 5.20. The Balaban J connectivity index is 1.65. The highest BCUT2D eigenvalue weighted by Gasteiger charge is 2.23. The molecular formula is C18H15ClFN5O3S. The van der Waals surface area contributed by atoms with Crippen LogP contribution in [0.3, 0.4) is 0 Å². The highest BCUT2D eigenvalue weighted by atomic mass is 35.5. The van der Waals surface area contributed by atoms with Crippen molar-refractivity contribution in [1.29, 1.82) is 0 Å². The smallest absolute Gasteiger partial charge is 0.307 e. The Morgan fingerprint density at radius 3 is 3.03 bits per heavy atom. The van der Waals surface area contributed by atoms with Crippen LogP contribution in [-0.2, 0) is 13.0 Å². The van der Waals surface area contributed by atoms with Gasteiger partial charge in [-0.3, -0.25) is 10.1 Å². The lowest BCUT2D eigenvalue weighted by Crippen LogP contribution is -2.30. The van der Waals surface area contributed by atoms with Crippen molar-refractivity contribution >= 4 is 46.1 Å². The second-order valence-corrected chi connectivity index (χ2v) is 7.70. The van der Waals surface area contributed by atoms with E-state index in [0.29, 0.717) is 17.4 Å². The summed E-state index contributed by atoms with van der Waals surface area (Å²) in [6.45, 7) is 1.44. The molecule has 29 heavy (non-hydrogen) atoms. The molecular weight excluding hydrogens is 421 g/mol. The zero-order chi connectivity index (χ0) is 20.5. The van der Waals surface area contributed by atoms with Crippen LogP contribution >= 0.6 is 22.9 Å². The molecule has 150 valence electrons. The summed E-state index contributed by atoms with van der Waals surface area (Å²) in [5, 5.41) is 16.4. The van der Waals surface area contributed by atoms with Crippen LogP contribution in [0.1, 0.15) is 10.4 Å². The highest BCUT2D eigenvalue weighted by molar-refractivity contribution is 7.10. The molecule has 0 atom stereocenters. The quantitative estimate of drug-likeness (QED) is 0.464. The fraction of sp³-hybridized carbons (Fsp3) is 0.222. The first-order valence-corrected chi connectivity index (χ1v) is 9.83. The number of benzene rings is 1. The number of aromatic nitrogens is 2. The van der Waals surface area contributed by atoms with E-state index in [2.05, 4.69) is 31.6 Å². The number of rotatable bonds is 5. The lowest BCUT2D eigenvalue weighted by atomic mass is 10.1. The number of thiophene rings is 1. The average molecular weight is 436 g/mol. The minimum Gasteiger partial charge on any atom is -0.494 e. The monoisotopic (exact) mass is 435 g/mol. The Morgan fingerprint density at radius 2 is 2.28 bits per heavy atom.